The van der Waals surface area contributed by atoms with Crippen LogP contribution in [0.4, 0.5) is 5.82 Å². The Hall–Kier alpha value is -1.13. The van der Waals surface area contributed by atoms with Gasteiger partial charge >= 0.3 is 0 Å². The number of rotatable bonds is 5. The summed E-state index contributed by atoms with van der Waals surface area (Å²) < 4.78 is 0. The summed E-state index contributed by atoms with van der Waals surface area (Å²) in [5, 5.41) is 3.75. The van der Waals surface area contributed by atoms with Crippen molar-refractivity contribution < 1.29 is 0 Å². The summed E-state index contributed by atoms with van der Waals surface area (Å²) in [6, 6.07) is 7.58. The lowest BCUT2D eigenvalue weighted by Gasteiger charge is -2.39. The molecule has 2 fully saturated rings. The molecule has 2 heterocycles. The van der Waals surface area contributed by atoms with Gasteiger partial charge in [0.1, 0.15) is 5.82 Å². The minimum absolute atomic E-state index is 0.636. The Morgan fingerprint density at radius 2 is 1.95 bits per heavy atom. The molecule has 1 atom stereocenters. The van der Waals surface area contributed by atoms with Crippen LogP contribution in [0.15, 0.2) is 24.4 Å². The fourth-order valence-corrected chi connectivity index (χ4v) is 3.53. The van der Waals surface area contributed by atoms with Crippen LogP contribution in [0.3, 0.4) is 0 Å². The van der Waals surface area contributed by atoms with E-state index in [0.717, 1.165) is 44.6 Å². The van der Waals surface area contributed by atoms with Gasteiger partial charge in [0, 0.05) is 51.0 Å². The molecule has 2 aliphatic rings. The maximum absolute atomic E-state index is 4.46. The highest BCUT2D eigenvalue weighted by molar-refractivity contribution is 5.38. The Kier molecular flexibility index (Phi) is 5.09. The fraction of sp³-hybridized carbons (Fsp3) is 0.706. The number of nitrogens with one attached hydrogen (secondary N) is 1. The molecule has 1 N–H and O–H groups in total. The largest absolute Gasteiger partial charge is 0.354 e. The molecule has 116 valence electrons. The van der Waals surface area contributed by atoms with Crippen LogP contribution < -0.4 is 10.2 Å². The van der Waals surface area contributed by atoms with E-state index in [-0.39, 0.29) is 0 Å². The van der Waals surface area contributed by atoms with Gasteiger partial charge in [-0.1, -0.05) is 18.9 Å². The molecule has 1 saturated heterocycles. The zero-order valence-corrected chi connectivity index (χ0v) is 13.2. The van der Waals surface area contributed by atoms with Crippen molar-refractivity contribution in [1.82, 2.24) is 15.2 Å². The average molecular weight is 288 g/mol. The predicted octanol–water partition coefficient (Wildman–Crippen LogP) is 2.12. The van der Waals surface area contributed by atoms with Gasteiger partial charge < -0.3 is 10.2 Å². The molecule has 0 spiro atoms. The van der Waals surface area contributed by atoms with E-state index in [1.54, 1.807) is 0 Å². The van der Waals surface area contributed by atoms with Crippen molar-refractivity contribution in [2.45, 2.75) is 44.7 Å². The van der Waals surface area contributed by atoms with E-state index in [0.29, 0.717) is 6.04 Å². The average Bonchev–Trinajstić information content (AvgIpc) is 3.07. The highest BCUT2D eigenvalue weighted by Gasteiger charge is 2.22. The lowest BCUT2D eigenvalue weighted by Crippen LogP contribution is -2.52. The molecule has 3 rings (SSSR count). The summed E-state index contributed by atoms with van der Waals surface area (Å²) in [5.41, 5.74) is 0. The van der Waals surface area contributed by atoms with Crippen molar-refractivity contribution in [2.75, 3.05) is 37.6 Å². The first-order valence-corrected chi connectivity index (χ1v) is 8.46. The number of pyridine rings is 1. The number of aromatic nitrogens is 1. The van der Waals surface area contributed by atoms with Crippen molar-refractivity contribution in [3.8, 4) is 0 Å². The molecule has 1 aliphatic carbocycles. The Morgan fingerprint density at radius 3 is 2.62 bits per heavy atom. The molecule has 0 radical (unpaired) electrons. The summed E-state index contributed by atoms with van der Waals surface area (Å²) >= 11 is 0. The number of piperazine rings is 1. The van der Waals surface area contributed by atoms with Crippen LogP contribution in [-0.4, -0.2) is 54.7 Å². The quantitative estimate of drug-likeness (QED) is 0.899. The van der Waals surface area contributed by atoms with Crippen LogP contribution in [0.25, 0.3) is 0 Å². The van der Waals surface area contributed by atoms with E-state index in [1.165, 1.54) is 25.7 Å². The topological polar surface area (TPSA) is 31.4 Å². The van der Waals surface area contributed by atoms with E-state index in [1.807, 2.05) is 12.3 Å². The van der Waals surface area contributed by atoms with Crippen LogP contribution in [0.2, 0.25) is 0 Å². The van der Waals surface area contributed by atoms with Gasteiger partial charge in [-0.05, 0) is 31.9 Å². The Labute approximate surface area is 128 Å². The summed E-state index contributed by atoms with van der Waals surface area (Å²) in [6.45, 7) is 7.95. The van der Waals surface area contributed by atoms with Crippen molar-refractivity contribution >= 4 is 5.82 Å². The molecule has 21 heavy (non-hydrogen) atoms. The summed E-state index contributed by atoms with van der Waals surface area (Å²) in [7, 11) is 0. The molecular weight excluding hydrogens is 260 g/mol. The number of anilines is 1. The third-order valence-electron chi connectivity index (χ3n) is 4.97. The maximum atomic E-state index is 4.46. The van der Waals surface area contributed by atoms with Gasteiger partial charge in [-0.15, -0.1) is 0 Å². The lowest BCUT2D eigenvalue weighted by atomic mass is 10.2. The van der Waals surface area contributed by atoms with E-state index in [2.05, 4.69) is 39.2 Å². The van der Waals surface area contributed by atoms with Gasteiger partial charge in [0.05, 0.1) is 0 Å². The molecule has 0 bridgehead atoms. The van der Waals surface area contributed by atoms with Crippen molar-refractivity contribution in [3.05, 3.63) is 24.4 Å². The standard InChI is InChI=1S/C17H28N4/c1-15(14-19-16-6-2-3-7-16)20-10-12-21(13-11-20)17-8-4-5-9-18-17/h4-5,8-9,15-16,19H,2-3,6-7,10-14H2,1H3. The van der Waals surface area contributed by atoms with Crippen molar-refractivity contribution in [3.63, 3.8) is 0 Å². The third kappa shape index (κ3) is 3.95. The van der Waals surface area contributed by atoms with Crippen LogP contribution in [-0.2, 0) is 0 Å². The molecular formula is C17H28N4. The molecule has 1 aromatic heterocycles. The summed E-state index contributed by atoms with van der Waals surface area (Å²) in [4.78, 5) is 9.46. The normalized spacial score (nSPS) is 22.6. The second-order valence-electron chi connectivity index (χ2n) is 6.45. The zero-order chi connectivity index (χ0) is 14.5. The first-order chi connectivity index (χ1) is 10.3. The number of hydrogen-bond donors (Lipinski definition) is 1. The molecule has 0 aromatic carbocycles. The van der Waals surface area contributed by atoms with Crippen LogP contribution in [0.5, 0.6) is 0 Å². The summed E-state index contributed by atoms with van der Waals surface area (Å²) in [6.07, 6.45) is 7.46. The molecule has 1 aromatic rings. The smallest absolute Gasteiger partial charge is 0.128 e. The minimum atomic E-state index is 0.636. The molecule has 1 unspecified atom stereocenters. The molecule has 1 saturated carbocycles. The highest BCUT2D eigenvalue weighted by Crippen LogP contribution is 2.18. The van der Waals surface area contributed by atoms with Gasteiger partial charge in [0.15, 0.2) is 0 Å². The maximum Gasteiger partial charge on any atom is 0.128 e. The van der Waals surface area contributed by atoms with Crippen LogP contribution in [0.1, 0.15) is 32.6 Å². The Balaban J connectivity index is 1.42. The second kappa shape index (κ2) is 7.23. The highest BCUT2D eigenvalue weighted by atomic mass is 15.3. The van der Waals surface area contributed by atoms with Gasteiger partial charge in [0.2, 0.25) is 0 Å². The van der Waals surface area contributed by atoms with E-state index in [9.17, 15) is 0 Å². The van der Waals surface area contributed by atoms with Crippen LogP contribution >= 0.6 is 0 Å². The van der Waals surface area contributed by atoms with E-state index >= 15 is 0 Å². The SMILES string of the molecule is CC(CNC1CCCC1)N1CCN(c2ccccn2)CC1. The first-order valence-electron chi connectivity index (χ1n) is 8.46. The van der Waals surface area contributed by atoms with Crippen LogP contribution in [0, 0.1) is 0 Å². The predicted molar refractivity (Wildman–Crippen MR) is 87.7 cm³/mol. The Morgan fingerprint density at radius 1 is 1.19 bits per heavy atom. The fourth-order valence-electron chi connectivity index (χ4n) is 3.53. The summed E-state index contributed by atoms with van der Waals surface area (Å²) in [5.74, 6) is 1.12. The Bertz CT molecular complexity index is 408. The van der Waals surface area contributed by atoms with Gasteiger partial charge in [-0.25, -0.2) is 4.98 Å². The minimum Gasteiger partial charge on any atom is -0.354 e. The van der Waals surface area contributed by atoms with Crippen molar-refractivity contribution in [2.24, 2.45) is 0 Å². The molecule has 0 amide bonds. The van der Waals surface area contributed by atoms with E-state index in [4.69, 9.17) is 0 Å². The molecule has 4 heteroatoms. The third-order valence-corrected chi connectivity index (χ3v) is 4.97. The van der Waals surface area contributed by atoms with E-state index < -0.39 is 0 Å². The zero-order valence-electron chi connectivity index (χ0n) is 13.2. The molecule has 1 aliphatic heterocycles. The molecule has 4 nitrogen and oxygen atoms in total. The first kappa shape index (κ1) is 14.8. The number of hydrogen-bond acceptors (Lipinski definition) is 4. The van der Waals surface area contributed by atoms with Gasteiger partial charge in [0.25, 0.3) is 0 Å². The lowest BCUT2D eigenvalue weighted by molar-refractivity contribution is 0.189. The van der Waals surface area contributed by atoms with Gasteiger partial charge in [-0.3, -0.25) is 4.90 Å². The second-order valence-corrected chi connectivity index (χ2v) is 6.45. The van der Waals surface area contributed by atoms with Crippen molar-refractivity contribution in [1.29, 1.82) is 0 Å². The van der Waals surface area contributed by atoms with Gasteiger partial charge in [-0.2, -0.15) is 0 Å². The monoisotopic (exact) mass is 288 g/mol. The number of nitrogens with zero attached hydrogens (tertiary/aromatic N) is 3.